The molecular formula is C11H15F2NO. The maximum atomic E-state index is 13.4. The number of hydrogen-bond acceptors (Lipinski definition) is 2. The van der Waals surface area contributed by atoms with Crippen LogP contribution < -0.4 is 10.5 Å². The van der Waals surface area contributed by atoms with Gasteiger partial charge in [-0.15, -0.1) is 0 Å². The summed E-state index contributed by atoms with van der Waals surface area (Å²) in [7, 11) is 1.30. The predicted octanol–water partition coefficient (Wildman–Crippen LogP) is 2.25. The third-order valence-electron chi connectivity index (χ3n) is 2.35. The van der Waals surface area contributed by atoms with Crippen LogP contribution in [0.5, 0.6) is 5.75 Å². The summed E-state index contributed by atoms with van der Waals surface area (Å²) in [6, 6.07) is 2.77. The molecule has 2 N–H and O–H groups in total. The van der Waals surface area contributed by atoms with Crippen LogP contribution in [0.25, 0.3) is 0 Å². The highest BCUT2D eigenvalue weighted by Crippen LogP contribution is 2.23. The van der Waals surface area contributed by atoms with Crippen molar-refractivity contribution in [2.24, 2.45) is 5.73 Å². The minimum Gasteiger partial charge on any atom is -0.494 e. The van der Waals surface area contributed by atoms with Crippen LogP contribution in [0.3, 0.4) is 0 Å². The van der Waals surface area contributed by atoms with Gasteiger partial charge >= 0.3 is 0 Å². The molecule has 84 valence electrons. The summed E-state index contributed by atoms with van der Waals surface area (Å²) in [6.07, 6.45) is 1.07. The van der Waals surface area contributed by atoms with Gasteiger partial charge in [0.1, 0.15) is 0 Å². The SMILES string of the molecule is CCC(N)Cc1ccc(OC)c(F)c1F. The summed E-state index contributed by atoms with van der Waals surface area (Å²) in [5, 5.41) is 0. The molecular weight excluding hydrogens is 200 g/mol. The van der Waals surface area contributed by atoms with Gasteiger partial charge in [0.25, 0.3) is 0 Å². The maximum Gasteiger partial charge on any atom is 0.200 e. The van der Waals surface area contributed by atoms with E-state index in [0.29, 0.717) is 12.0 Å². The first-order valence-corrected chi connectivity index (χ1v) is 4.86. The van der Waals surface area contributed by atoms with Crippen molar-refractivity contribution in [2.75, 3.05) is 7.11 Å². The average Bonchev–Trinajstić information content (AvgIpc) is 2.25. The quantitative estimate of drug-likeness (QED) is 0.836. The second kappa shape index (κ2) is 5.07. The van der Waals surface area contributed by atoms with Crippen molar-refractivity contribution < 1.29 is 13.5 Å². The highest BCUT2D eigenvalue weighted by atomic mass is 19.2. The van der Waals surface area contributed by atoms with Gasteiger partial charge in [-0.1, -0.05) is 13.0 Å². The Labute approximate surface area is 88.0 Å². The zero-order chi connectivity index (χ0) is 11.4. The molecule has 1 unspecified atom stereocenters. The van der Waals surface area contributed by atoms with Gasteiger partial charge in [-0.25, -0.2) is 4.39 Å². The summed E-state index contributed by atoms with van der Waals surface area (Å²) >= 11 is 0. The fourth-order valence-electron chi connectivity index (χ4n) is 1.31. The van der Waals surface area contributed by atoms with Gasteiger partial charge in [-0.2, -0.15) is 4.39 Å². The highest BCUT2D eigenvalue weighted by molar-refractivity contribution is 5.31. The van der Waals surface area contributed by atoms with Crippen molar-refractivity contribution in [2.45, 2.75) is 25.8 Å². The number of methoxy groups -OCH3 is 1. The number of halogens is 2. The van der Waals surface area contributed by atoms with E-state index in [1.165, 1.54) is 19.2 Å². The van der Waals surface area contributed by atoms with E-state index in [4.69, 9.17) is 5.73 Å². The lowest BCUT2D eigenvalue weighted by molar-refractivity contribution is 0.369. The first-order valence-electron chi connectivity index (χ1n) is 4.86. The lowest BCUT2D eigenvalue weighted by Crippen LogP contribution is -2.22. The third kappa shape index (κ3) is 2.65. The molecule has 2 nitrogen and oxygen atoms in total. The molecule has 1 aromatic rings. The van der Waals surface area contributed by atoms with Gasteiger partial charge in [0.15, 0.2) is 11.6 Å². The molecule has 0 aliphatic heterocycles. The van der Waals surface area contributed by atoms with Gasteiger partial charge < -0.3 is 10.5 Å². The Morgan fingerprint density at radius 2 is 2.00 bits per heavy atom. The number of rotatable bonds is 4. The number of ether oxygens (including phenoxy) is 1. The molecule has 0 saturated carbocycles. The van der Waals surface area contributed by atoms with E-state index in [2.05, 4.69) is 4.74 Å². The van der Waals surface area contributed by atoms with Crippen LogP contribution in [-0.2, 0) is 6.42 Å². The van der Waals surface area contributed by atoms with Crippen LogP contribution in [0, 0.1) is 11.6 Å². The molecule has 0 spiro atoms. The van der Waals surface area contributed by atoms with Gasteiger partial charge in [0, 0.05) is 6.04 Å². The molecule has 0 aromatic heterocycles. The highest BCUT2D eigenvalue weighted by Gasteiger charge is 2.15. The van der Waals surface area contributed by atoms with E-state index in [9.17, 15) is 8.78 Å². The molecule has 1 atom stereocenters. The predicted molar refractivity (Wildman–Crippen MR) is 54.9 cm³/mol. The van der Waals surface area contributed by atoms with E-state index >= 15 is 0 Å². The summed E-state index contributed by atoms with van der Waals surface area (Å²) in [6.45, 7) is 1.91. The van der Waals surface area contributed by atoms with E-state index in [1.54, 1.807) is 0 Å². The minimum absolute atomic E-state index is 0.0821. The van der Waals surface area contributed by atoms with E-state index in [-0.39, 0.29) is 11.8 Å². The Balaban J connectivity index is 2.96. The Bertz CT molecular complexity index is 342. The Kier molecular flexibility index (Phi) is 4.03. The van der Waals surface area contributed by atoms with E-state index in [0.717, 1.165) is 6.42 Å². The Hall–Kier alpha value is -1.16. The molecule has 1 rings (SSSR count). The van der Waals surface area contributed by atoms with Crippen LogP contribution >= 0.6 is 0 Å². The third-order valence-corrected chi connectivity index (χ3v) is 2.35. The molecule has 0 aliphatic carbocycles. The summed E-state index contributed by atoms with van der Waals surface area (Å²) in [4.78, 5) is 0. The standard InChI is InChI=1S/C11H15F2NO/c1-3-8(14)6-7-4-5-9(15-2)11(13)10(7)12/h4-5,8H,3,6,14H2,1-2H3. The maximum absolute atomic E-state index is 13.4. The Morgan fingerprint density at radius 1 is 1.33 bits per heavy atom. The Morgan fingerprint density at radius 3 is 2.53 bits per heavy atom. The lowest BCUT2D eigenvalue weighted by atomic mass is 10.0. The number of nitrogens with two attached hydrogens (primary N) is 1. The molecule has 1 aromatic carbocycles. The fourth-order valence-corrected chi connectivity index (χ4v) is 1.31. The van der Waals surface area contributed by atoms with Gasteiger partial charge in [0.05, 0.1) is 7.11 Å². The smallest absolute Gasteiger partial charge is 0.200 e. The minimum atomic E-state index is -0.946. The summed E-state index contributed by atoms with van der Waals surface area (Å²) in [5.74, 6) is -1.89. The van der Waals surface area contributed by atoms with Crippen molar-refractivity contribution in [3.05, 3.63) is 29.3 Å². The zero-order valence-electron chi connectivity index (χ0n) is 8.89. The van der Waals surface area contributed by atoms with Crippen molar-refractivity contribution in [1.29, 1.82) is 0 Å². The van der Waals surface area contributed by atoms with Gasteiger partial charge in [-0.3, -0.25) is 0 Å². The molecule has 0 amide bonds. The summed E-state index contributed by atoms with van der Waals surface area (Å²) < 4.78 is 31.4. The number of hydrogen-bond donors (Lipinski definition) is 1. The first kappa shape index (κ1) is 11.9. The second-order valence-electron chi connectivity index (χ2n) is 3.43. The van der Waals surface area contributed by atoms with E-state index in [1.807, 2.05) is 6.92 Å². The molecule has 0 saturated heterocycles. The fraction of sp³-hybridized carbons (Fsp3) is 0.455. The topological polar surface area (TPSA) is 35.2 Å². The first-order chi connectivity index (χ1) is 7.10. The van der Waals surface area contributed by atoms with Crippen molar-refractivity contribution in [3.8, 4) is 5.75 Å². The van der Waals surface area contributed by atoms with Crippen molar-refractivity contribution >= 4 is 0 Å². The van der Waals surface area contributed by atoms with E-state index < -0.39 is 11.6 Å². The van der Waals surface area contributed by atoms with Gasteiger partial charge in [-0.05, 0) is 24.5 Å². The molecule has 0 bridgehead atoms. The zero-order valence-corrected chi connectivity index (χ0v) is 8.89. The lowest BCUT2D eigenvalue weighted by Gasteiger charge is -2.11. The molecule has 0 heterocycles. The monoisotopic (exact) mass is 215 g/mol. The normalized spacial score (nSPS) is 12.6. The van der Waals surface area contributed by atoms with Crippen molar-refractivity contribution in [3.63, 3.8) is 0 Å². The van der Waals surface area contributed by atoms with Crippen LogP contribution in [0.15, 0.2) is 12.1 Å². The molecule has 0 aliphatic rings. The average molecular weight is 215 g/mol. The molecule has 0 fully saturated rings. The summed E-state index contributed by atoms with van der Waals surface area (Å²) in [5.41, 5.74) is 5.97. The molecule has 0 radical (unpaired) electrons. The molecule has 15 heavy (non-hydrogen) atoms. The number of benzene rings is 1. The molecule has 4 heteroatoms. The second-order valence-corrected chi connectivity index (χ2v) is 3.43. The largest absolute Gasteiger partial charge is 0.494 e. The van der Waals surface area contributed by atoms with Crippen LogP contribution in [0.2, 0.25) is 0 Å². The van der Waals surface area contributed by atoms with Gasteiger partial charge in [0.2, 0.25) is 5.82 Å². The van der Waals surface area contributed by atoms with Crippen LogP contribution in [-0.4, -0.2) is 13.2 Å². The van der Waals surface area contributed by atoms with Crippen molar-refractivity contribution in [1.82, 2.24) is 0 Å². The van der Waals surface area contributed by atoms with Crippen LogP contribution in [0.4, 0.5) is 8.78 Å². The van der Waals surface area contributed by atoms with Crippen LogP contribution in [0.1, 0.15) is 18.9 Å².